The molecule has 3 aromatic carbocycles. The van der Waals surface area contributed by atoms with Crippen molar-refractivity contribution in [1.29, 1.82) is 0 Å². The van der Waals surface area contributed by atoms with Crippen LogP contribution in [-0.2, 0) is 9.59 Å². The Kier molecular flexibility index (Phi) is 11.9. The summed E-state index contributed by atoms with van der Waals surface area (Å²) in [4.78, 5) is 49.6. The minimum atomic E-state index is -1.08. The van der Waals surface area contributed by atoms with Crippen molar-refractivity contribution in [3.63, 3.8) is 0 Å². The Hall–Kier alpha value is -5.10. The van der Waals surface area contributed by atoms with Gasteiger partial charge in [0.05, 0.1) is 25.6 Å². The average molecular weight is 593 g/mol. The SMILES string of the molecule is COc1ccc(C(=O)Nc2cccc(O)c2NC(=O)c2ccc(N3CCCN(C)CC3)cc2)cc1.O=C(O)CCC(=O)O. The van der Waals surface area contributed by atoms with Crippen LogP contribution in [0.1, 0.15) is 40.0 Å². The van der Waals surface area contributed by atoms with Crippen LogP contribution in [0, 0.1) is 0 Å². The maximum atomic E-state index is 13.0. The van der Waals surface area contributed by atoms with Crippen LogP contribution in [0.25, 0.3) is 0 Å². The van der Waals surface area contributed by atoms with E-state index in [2.05, 4.69) is 27.5 Å². The van der Waals surface area contributed by atoms with Crippen LogP contribution < -0.4 is 20.3 Å². The van der Waals surface area contributed by atoms with E-state index < -0.39 is 11.9 Å². The molecule has 1 heterocycles. The van der Waals surface area contributed by atoms with Gasteiger partial charge in [-0.3, -0.25) is 19.2 Å². The molecule has 0 radical (unpaired) electrons. The number of rotatable bonds is 9. The number of carboxylic acid groups (broad SMARTS) is 2. The zero-order valence-corrected chi connectivity index (χ0v) is 24.1. The lowest BCUT2D eigenvalue weighted by molar-refractivity contribution is -0.143. The number of methoxy groups -OCH3 is 1. The van der Waals surface area contributed by atoms with E-state index in [-0.39, 0.29) is 36.1 Å². The first kappa shape index (κ1) is 32.4. The smallest absolute Gasteiger partial charge is 0.303 e. The van der Waals surface area contributed by atoms with Crippen molar-refractivity contribution in [3.8, 4) is 11.5 Å². The molecule has 2 amide bonds. The van der Waals surface area contributed by atoms with E-state index in [0.717, 1.165) is 38.3 Å². The number of hydrogen-bond donors (Lipinski definition) is 5. The molecular weight excluding hydrogens is 556 g/mol. The van der Waals surface area contributed by atoms with Crippen molar-refractivity contribution >= 4 is 40.8 Å². The van der Waals surface area contributed by atoms with Crippen LogP contribution >= 0.6 is 0 Å². The van der Waals surface area contributed by atoms with Gasteiger partial charge in [-0.25, -0.2) is 0 Å². The summed E-state index contributed by atoms with van der Waals surface area (Å²) in [5, 5.41) is 31.7. The number of likely N-dealkylation sites (N-methyl/N-ethyl adjacent to an activating group) is 1. The highest BCUT2D eigenvalue weighted by Crippen LogP contribution is 2.32. The van der Waals surface area contributed by atoms with Gasteiger partial charge in [0, 0.05) is 36.4 Å². The molecule has 0 spiro atoms. The number of carboxylic acids is 2. The number of ether oxygens (including phenoxy) is 1. The number of para-hydroxylation sites is 1. The highest BCUT2D eigenvalue weighted by molar-refractivity contribution is 6.11. The predicted octanol–water partition coefficient (Wildman–Crippen LogP) is 3.98. The van der Waals surface area contributed by atoms with Gasteiger partial charge < -0.3 is 40.5 Å². The minimum absolute atomic E-state index is 0.138. The Morgan fingerprint density at radius 2 is 1.35 bits per heavy atom. The topological polar surface area (TPSA) is 169 Å². The molecule has 0 aliphatic carbocycles. The number of nitrogens with zero attached hydrogens (tertiary/aromatic N) is 2. The molecule has 5 N–H and O–H groups in total. The standard InChI is InChI=1S/C27H30N4O4.C4H6O4/c1-30-15-4-16-31(18-17-30)21-11-7-19(8-12-21)27(34)29-25-23(5-3-6-24(25)32)28-26(33)20-9-13-22(35-2)14-10-20;5-3(6)1-2-4(7)8/h3,5-14,32H,4,15-18H2,1-2H3,(H,28,33)(H,29,34);1-2H2,(H,5,6)(H,7,8). The summed E-state index contributed by atoms with van der Waals surface area (Å²) in [6.45, 7) is 4.00. The van der Waals surface area contributed by atoms with Gasteiger partial charge in [0.2, 0.25) is 0 Å². The molecule has 0 saturated carbocycles. The molecule has 228 valence electrons. The number of aliphatic carboxylic acids is 2. The van der Waals surface area contributed by atoms with Crippen molar-refractivity contribution in [2.24, 2.45) is 0 Å². The van der Waals surface area contributed by atoms with Gasteiger partial charge >= 0.3 is 11.9 Å². The fraction of sp³-hybridized carbons (Fsp3) is 0.290. The minimum Gasteiger partial charge on any atom is -0.506 e. The zero-order valence-electron chi connectivity index (χ0n) is 24.1. The Morgan fingerprint density at radius 3 is 1.93 bits per heavy atom. The number of aromatic hydroxyl groups is 1. The average Bonchev–Trinajstić information content (AvgIpc) is 3.22. The van der Waals surface area contributed by atoms with Crippen molar-refractivity contribution in [3.05, 3.63) is 77.9 Å². The molecule has 3 aromatic rings. The van der Waals surface area contributed by atoms with E-state index in [9.17, 15) is 24.3 Å². The Bertz CT molecular complexity index is 1400. The molecule has 1 aliphatic heterocycles. The lowest BCUT2D eigenvalue weighted by Gasteiger charge is -2.23. The highest BCUT2D eigenvalue weighted by atomic mass is 16.5. The second-order valence-corrected chi connectivity index (χ2v) is 9.81. The number of hydrogen-bond acceptors (Lipinski definition) is 8. The van der Waals surface area contributed by atoms with Gasteiger partial charge in [-0.2, -0.15) is 0 Å². The van der Waals surface area contributed by atoms with E-state index >= 15 is 0 Å². The van der Waals surface area contributed by atoms with Crippen molar-refractivity contribution in [2.75, 3.05) is 55.9 Å². The number of carbonyl (C=O) groups is 4. The highest BCUT2D eigenvalue weighted by Gasteiger charge is 2.17. The maximum Gasteiger partial charge on any atom is 0.303 e. The maximum absolute atomic E-state index is 13.0. The fourth-order valence-electron chi connectivity index (χ4n) is 4.24. The second-order valence-electron chi connectivity index (χ2n) is 9.81. The monoisotopic (exact) mass is 592 g/mol. The number of benzene rings is 3. The van der Waals surface area contributed by atoms with Crippen LogP contribution in [0.3, 0.4) is 0 Å². The number of amides is 2. The second kappa shape index (κ2) is 15.8. The quantitative estimate of drug-likeness (QED) is 0.229. The van der Waals surface area contributed by atoms with Crippen LogP contribution in [0.4, 0.5) is 17.1 Å². The first-order valence-electron chi connectivity index (χ1n) is 13.6. The first-order valence-corrected chi connectivity index (χ1v) is 13.6. The third-order valence-corrected chi connectivity index (χ3v) is 6.65. The van der Waals surface area contributed by atoms with Gasteiger partial charge in [-0.1, -0.05) is 6.07 Å². The summed E-state index contributed by atoms with van der Waals surface area (Å²) in [6, 6.07) is 18.8. The first-order chi connectivity index (χ1) is 20.6. The van der Waals surface area contributed by atoms with Crippen LogP contribution in [0.15, 0.2) is 66.7 Å². The van der Waals surface area contributed by atoms with Gasteiger partial charge in [-0.15, -0.1) is 0 Å². The van der Waals surface area contributed by atoms with E-state index in [1.165, 1.54) is 6.07 Å². The molecule has 0 bridgehead atoms. The lowest BCUT2D eigenvalue weighted by Crippen LogP contribution is -2.28. The van der Waals surface area contributed by atoms with Gasteiger partial charge in [0.15, 0.2) is 0 Å². The van der Waals surface area contributed by atoms with Crippen LogP contribution in [0.5, 0.6) is 11.5 Å². The normalized spacial score (nSPS) is 13.1. The molecule has 0 atom stereocenters. The largest absolute Gasteiger partial charge is 0.506 e. The number of nitrogens with one attached hydrogen (secondary N) is 2. The summed E-state index contributed by atoms with van der Waals surface area (Å²) >= 11 is 0. The molecule has 0 unspecified atom stereocenters. The third-order valence-electron chi connectivity index (χ3n) is 6.65. The summed E-state index contributed by atoms with van der Waals surface area (Å²) in [5.74, 6) is -2.41. The molecule has 1 aliphatic rings. The lowest BCUT2D eigenvalue weighted by atomic mass is 10.1. The van der Waals surface area contributed by atoms with E-state index in [1.807, 2.05) is 12.1 Å². The Balaban J connectivity index is 0.000000557. The summed E-state index contributed by atoms with van der Waals surface area (Å²) < 4.78 is 5.12. The predicted molar refractivity (Wildman–Crippen MR) is 162 cm³/mol. The van der Waals surface area contributed by atoms with Crippen LogP contribution in [0.2, 0.25) is 0 Å². The Labute approximate surface area is 249 Å². The molecule has 43 heavy (non-hydrogen) atoms. The summed E-state index contributed by atoms with van der Waals surface area (Å²) in [6.07, 6.45) is 0.502. The van der Waals surface area contributed by atoms with Crippen molar-refractivity contribution in [2.45, 2.75) is 19.3 Å². The van der Waals surface area contributed by atoms with Gasteiger partial charge in [0.25, 0.3) is 11.8 Å². The summed E-state index contributed by atoms with van der Waals surface area (Å²) in [5.41, 5.74) is 2.38. The molecule has 1 fully saturated rings. The third kappa shape index (κ3) is 10.0. The molecule has 12 heteroatoms. The van der Waals surface area contributed by atoms with E-state index in [1.54, 1.807) is 55.6 Å². The number of anilines is 3. The fourth-order valence-corrected chi connectivity index (χ4v) is 4.24. The number of phenolic OH excluding ortho intramolecular Hbond substituents is 1. The Morgan fingerprint density at radius 1 is 0.767 bits per heavy atom. The zero-order chi connectivity index (χ0) is 31.4. The molecule has 12 nitrogen and oxygen atoms in total. The van der Waals surface area contributed by atoms with Gasteiger partial charge in [-0.05, 0) is 80.7 Å². The molecule has 1 saturated heterocycles. The number of phenols is 1. The van der Waals surface area contributed by atoms with E-state index in [0.29, 0.717) is 22.6 Å². The van der Waals surface area contributed by atoms with E-state index in [4.69, 9.17) is 14.9 Å². The molecular formula is C31H36N4O8. The number of carbonyl (C=O) groups excluding carboxylic acids is 2. The van der Waals surface area contributed by atoms with Crippen molar-refractivity contribution < 1.29 is 39.2 Å². The van der Waals surface area contributed by atoms with Gasteiger partial charge in [0.1, 0.15) is 17.2 Å². The molecule has 0 aromatic heterocycles. The van der Waals surface area contributed by atoms with Crippen LogP contribution in [-0.4, -0.2) is 84.3 Å². The molecule has 4 rings (SSSR count). The van der Waals surface area contributed by atoms with Crippen molar-refractivity contribution in [1.82, 2.24) is 4.90 Å². The summed E-state index contributed by atoms with van der Waals surface area (Å²) in [7, 11) is 3.68.